The fraction of sp³-hybridized carbons (Fsp3) is 0.611. The molecule has 122 valence electrons. The molecule has 1 aromatic rings. The van der Waals surface area contributed by atoms with Crippen LogP contribution in [-0.2, 0) is 11.2 Å². The molecule has 1 unspecified atom stereocenters. The van der Waals surface area contributed by atoms with Crippen molar-refractivity contribution in [1.29, 1.82) is 0 Å². The van der Waals surface area contributed by atoms with Crippen molar-refractivity contribution >= 4 is 5.91 Å². The third-order valence-corrected chi connectivity index (χ3v) is 4.50. The van der Waals surface area contributed by atoms with E-state index in [-0.39, 0.29) is 11.7 Å². The summed E-state index contributed by atoms with van der Waals surface area (Å²) >= 11 is 0. The summed E-state index contributed by atoms with van der Waals surface area (Å²) in [6.45, 7) is 4.83. The minimum absolute atomic E-state index is 0.113. The summed E-state index contributed by atoms with van der Waals surface area (Å²) in [6.07, 6.45) is 6.32. The lowest BCUT2D eigenvalue weighted by atomic mass is 10.00. The lowest BCUT2D eigenvalue weighted by molar-refractivity contribution is -0.121. The summed E-state index contributed by atoms with van der Waals surface area (Å²) in [5.41, 5.74) is 1.05. The molecule has 0 spiro atoms. The van der Waals surface area contributed by atoms with Crippen LogP contribution in [0, 0.1) is 5.82 Å². The highest BCUT2D eigenvalue weighted by atomic mass is 19.1. The van der Waals surface area contributed by atoms with Crippen LogP contribution in [0.1, 0.15) is 44.6 Å². The number of nitrogens with zero attached hydrogens (tertiary/aromatic N) is 1. The highest BCUT2D eigenvalue weighted by Crippen LogP contribution is 2.19. The largest absolute Gasteiger partial charge is 0.356 e. The monoisotopic (exact) mass is 306 g/mol. The fourth-order valence-electron chi connectivity index (χ4n) is 3.15. The molecule has 0 radical (unpaired) electrons. The van der Waals surface area contributed by atoms with Crippen molar-refractivity contribution in [2.24, 2.45) is 0 Å². The average molecular weight is 306 g/mol. The second-order valence-corrected chi connectivity index (χ2v) is 6.07. The Balaban J connectivity index is 1.64. The van der Waals surface area contributed by atoms with Crippen LogP contribution in [-0.4, -0.2) is 36.5 Å². The number of hydrogen-bond donors (Lipinski definition) is 1. The van der Waals surface area contributed by atoms with Crippen molar-refractivity contribution in [3.05, 3.63) is 35.6 Å². The van der Waals surface area contributed by atoms with E-state index in [1.54, 1.807) is 12.1 Å². The molecule has 1 fully saturated rings. The molecule has 0 aliphatic carbocycles. The van der Waals surface area contributed by atoms with Crippen LogP contribution in [0.4, 0.5) is 4.39 Å². The van der Waals surface area contributed by atoms with Crippen LogP contribution in [0.15, 0.2) is 24.3 Å². The Bertz CT molecular complexity index is 461. The maximum Gasteiger partial charge on any atom is 0.221 e. The number of carbonyl (C=O) groups excluding carboxylic acids is 1. The normalized spacial score (nSPS) is 19.1. The zero-order chi connectivity index (χ0) is 15.8. The van der Waals surface area contributed by atoms with E-state index in [1.165, 1.54) is 37.8 Å². The van der Waals surface area contributed by atoms with Gasteiger partial charge in [0.1, 0.15) is 5.82 Å². The van der Waals surface area contributed by atoms with Gasteiger partial charge in [-0.05, 0) is 49.9 Å². The van der Waals surface area contributed by atoms with E-state index in [1.807, 2.05) is 0 Å². The maximum absolute atomic E-state index is 12.8. The molecule has 0 bridgehead atoms. The van der Waals surface area contributed by atoms with E-state index in [9.17, 15) is 9.18 Å². The van der Waals surface area contributed by atoms with Gasteiger partial charge >= 0.3 is 0 Å². The summed E-state index contributed by atoms with van der Waals surface area (Å²) in [4.78, 5) is 14.4. The first-order chi connectivity index (χ1) is 10.7. The number of piperidine rings is 1. The van der Waals surface area contributed by atoms with Crippen LogP contribution in [0.25, 0.3) is 0 Å². The van der Waals surface area contributed by atoms with E-state index in [0.717, 1.165) is 25.1 Å². The molecule has 1 amide bonds. The van der Waals surface area contributed by atoms with Gasteiger partial charge in [0, 0.05) is 25.6 Å². The number of rotatable bonds is 7. The molecule has 1 aliphatic heterocycles. The topological polar surface area (TPSA) is 32.3 Å². The first-order valence-electron chi connectivity index (χ1n) is 8.44. The van der Waals surface area contributed by atoms with Gasteiger partial charge in [-0.1, -0.05) is 25.5 Å². The van der Waals surface area contributed by atoms with E-state index < -0.39 is 0 Å². The predicted molar refractivity (Wildman–Crippen MR) is 87.2 cm³/mol. The SMILES string of the molecule is CCC1CCCCN1CCC(=O)NCCc1ccc(F)cc1. The minimum atomic E-state index is -0.222. The predicted octanol–water partition coefficient (Wildman–Crippen LogP) is 3.14. The highest BCUT2D eigenvalue weighted by Gasteiger charge is 2.20. The second kappa shape index (κ2) is 8.89. The number of likely N-dealkylation sites (tertiary alicyclic amines) is 1. The van der Waals surface area contributed by atoms with Crippen molar-refractivity contribution < 1.29 is 9.18 Å². The molecule has 2 rings (SSSR count). The van der Waals surface area contributed by atoms with E-state index in [2.05, 4.69) is 17.1 Å². The number of hydrogen-bond acceptors (Lipinski definition) is 2. The van der Waals surface area contributed by atoms with Gasteiger partial charge in [-0.3, -0.25) is 9.69 Å². The molecule has 4 heteroatoms. The van der Waals surface area contributed by atoms with Gasteiger partial charge in [-0.25, -0.2) is 4.39 Å². The van der Waals surface area contributed by atoms with Crippen LogP contribution in [0.3, 0.4) is 0 Å². The molecule has 0 aromatic heterocycles. The van der Waals surface area contributed by atoms with Crippen LogP contribution < -0.4 is 5.32 Å². The number of nitrogens with one attached hydrogen (secondary N) is 1. The summed E-state index contributed by atoms with van der Waals surface area (Å²) in [5, 5.41) is 2.96. The van der Waals surface area contributed by atoms with Crippen LogP contribution >= 0.6 is 0 Å². The van der Waals surface area contributed by atoms with Gasteiger partial charge in [0.25, 0.3) is 0 Å². The standard InChI is InChI=1S/C18H27FN2O/c1-2-17-5-3-4-13-21(17)14-11-18(22)20-12-10-15-6-8-16(19)9-7-15/h6-9,17H,2-5,10-14H2,1H3,(H,20,22). The molecular formula is C18H27FN2O. The quantitative estimate of drug-likeness (QED) is 0.839. The highest BCUT2D eigenvalue weighted by molar-refractivity contribution is 5.76. The summed E-state index contributed by atoms with van der Waals surface area (Å²) in [6, 6.07) is 7.10. The molecule has 1 N–H and O–H groups in total. The molecule has 0 saturated carbocycles. The number of carbonyl (C=O) groups is 1. The van der Waals surface area contributed by atoms with Gasteiger partial charge in [0.15, 0.2) is 0 Å². The zero-order valence-electron chi connectivity index (χ0n) is 13.5. The summed E-state index contributed by atoms with van der Waals surface area (Å²) in [7, 11) is 0. The Morgan fingerprint density at radius 1 is 1.32 bits per heavy atom. The Labute approximate surface area is 132 Å². The summed E-state index contributed by atoms with van der Waals surface area (Å²) < 4.78 is 12.8. The molecule has 1 atom stereocenters. The van der Waals surface area contributed by atoms with E-state index in [4.69, 9.17) is 0 Å². The number of halogens is 1. The van der Waals surface area contributed by atoms with Crippen molar-refractivity contribution in [2.45, 2.75) is 51.5 Å². The average Bonchev–Trinajstić information content (AvgIpc) is 2.55. The van der Waals surface area contributed by atoms with Gasteiger partial charge in [-0.15, -0.1) is 0 Å². The second-order valence-electron chi connectivity index (χ2n) is 6.07. The Kier molecular flexibility index (Phi) is 6.84. The van der Waals surface area contributed by atoms with Crippen LogP contribution in [0.2, 0.25) is 0 Å². The third-order valence-electron chi connectivity index (χ3n) is 4.50. The molecular weight excluding hydrogens is 279 g/mol. The Morgan fingerprint density at radius 3 is 2.82 bits per heavy atom. The Morgan fingerprint density at radius 2 is 2.09 bits per heavy atom. The van der Waals surface area contributed by atoms with Crippen molar-refractivity contribution in [2.75, 3.05) is 19.6 Å². The lowest BCUT2D eigenvalue weighted by Crippen LogP contribution is -2.41. The number of benzene rings is 1. The molecule has 1 aliphatic rings. The maximum atomic E-state index is 12.8. The smallest absolute Gasteiger partial charge is 0.221 e. The molecule has 1 heterocycles. The molecule has 1 aromatic carbocycles. The van der Waals surface area contributed by atoms with Gasteiger partial charge in [0.05, 0.1) is 0 Å². The molecule has 22 heavy (non-hydrogen) atoms. The lowest BCUT2D eigenvalue weighted by Gasteiger charge is -2.35. The van der Waals surface area contributed by atoms with Crippen molar-refractivity contribution in [3.8, 4) is 0 Å². The van der Waals surface area contributed by atoms with Gasteiger partial charge < -0.3 is 5.32 Å². The van der Waals surface area contributed by atoms with E-state index >= 15 is 0 Å². The number of amides is 1. The molecule has 1 saturated heterocycles. The Hall–Kier alpha value is -1.42. The van der Waals surface area contributed by atoms with Gasteiger partial charge in [-0.2, -0.15) is 0 Å². The first kappa shape index (κ1) is 16.9. The van der Waals surface area contributed by atoms with E-state index in [0.29, 0.717) is 19.0 Å². The van der Waals surface area contributed by atoms with Crippen molar-refractivity contribution in [1.82, 2.24) is 10.2 Å². The minimum Gasteiger partial charge on any atom is -0.356 e. The van der Waals surface area contributed by atoms with Crippen molar-refractivity contribution in [3.63, 3.8) is 0 Å². The zero-order valence-corrected chi connectivity index (χ0v) is 13.5. The van der Waals surface area contributed by atoms with Gasteiger partial charge in [0.2, 0.25) is 5.91 Å². The van der Waals surface area contributed by atoms with Crippen LogP contribution in [0.5, 0.6) is 0 Å². The third kappa shape index (κ3) is 5.41. The molecule has 3 nitrogen and oxygen atoms in total. The first-order valence-corrected chi connectivity index (χ1v) is 8.44. The fourth-order valence-corrected chi connectivity index (χ4v) is 3.15. The summed E-state index contributed by atoms with van der Waals surface area (Å²) in [5.74, 6) is -0.109.